The topological polar surface area (TPSA) is 80.1 Å². The van der Waals surface area contributed by atoms with Crippen molar-refractivity contribution in [2.75, 3.05) is 7.11 Å². The molecule has 1 aliphatic heterocycles. The Labute approximate surface area is 144 Å². The maximum atomic E-state index is 13.6. The Bertz CT molecular complexity index is 918. The molecule has 3 rings (SSSR count). The molecule has 0 radical (unpaired) electrons. The quantitative estimate of drug-likeness (QED) is 0.393. The van der Waals surface area contributed by atoms with Crippen molar-refractivity contribution in [2.24, 2.45) is 10.2 Å². The number of thiophene rings is 1. The molecule has 24 heavy (non-hydrogen) atoms. The summed E-state index contributed by atoms with van der Waals surface area (Å²) in [5.41, 5.74) is 0.601. The lowest BCUT2D eigenvalue weighted by atomic mass is 10.2. The molecule has 1 aromatic heterocycles. The van der Waals surface area contributed by atoms with Crippen LogP contribution in [-0.2, 0) is 14.3 Å². The van der Waals surface area contributed by atoms with Crippen LogP contribution in [0.5, 0.6) is 0 Å². The summed E-state index contributed by atoms with van der Waals surface area (Å²) in [4.78, 5) is 23.0. The number of halogens is 1. The molecule has 0 spiro atoms. The van der Waals surface area contributed by atoms with Gasteiger partial charge in [0.15, 0.2) is 5.17 Å². The molecule has 122 valence electrons. The van der Waals surface area contributed by atoms with Crippen LogP contribution in [-0.4, -0.2) is 30.4 Å². The van der Waals surface area contributed by atoms with Crippen molar-refractivity contribution < 1.29 is 18.7 Å². The molecule has 0 unspecified atom stereocenters. The average Bonchev–Trinajstić information content (AvgIpc) is 3.14. The molecule has 0 saturated carbocycles. The highest BCUT2D eigenvalue weighted by atomic mass is 32.2. The number of hydrogen-bond donors (Lipinski definition) is 1. The first-order valence-corrected chi connectivity index (χ1v) is 8.33. The maximum Gasteiger partial charge on any atom is 0.331 e. The summed E-state index contributed by atoms with van der Waals surface area (Å²) in [5, 5.41) is 13.1. The van der Waals surface area contributed by atoms with Crippen molar-refractivity contribution in [1.82, 2.24) is 5.32 Å². The zero-order valence-corrected chi connectivity index (χ0v) is 13.9. The zero-order valence-electron chi connectivity index (χ0n) is 12.3. The van der Waals surface area contributed by atoms with Gasteiger partial charge in [-0.25, -0.2) is 9.18 Å². The lowest BCUT2D eigenvalue weighted by molar-refractivity contribution is -0.135. The van der Waals surface area contributed by atoms with Gasteiger partial charge in [-0.15, -0.1) is 16.4 Å². The Morgan fingerprint density at radius 1 is 1.42 bits per heavy atom. The number of nitrogens with one attached hydrogen (secondary N) is 1. The number of ether oxygens (including phenoxy) is 1. The van der Waals surface area contributed by atoms with E-state index in [9.17, 15) is 14.0 Å². The highest BCUT2D eigenvalue weighted by Crippen LogP contribution is 2.26. The van der Waals surface area contributed by atoms with Gasteiger partial charge in [-0.2, -0.15) is 5.10 Å². The lowest BCUT2D eigenvalue weighted by Crippen LogP contribution is -2.19. The summed E-state index contributed by atoms with van der Waals surface area (Å²) < 4.78 is 18.9. The number of fused-ring (bicyclic) bond motifs is 1. The van der Waals surface area contributed by atoms with Crippen LogP contribution < -0.4 is 5.32 Å². The number of nitrogens with zero attached hydrogens (tertiary/aromatic N) is 2. The van der Waals surface area contributed by atoms with Crippen molar-refractivity contribution in [3.63, 3.8) is 0 Å². The van der Waals surface area contributed by atoms with E-state index < -0.39 is 11.9 Å². The molecule has 0 atom stereocenters. The fourth-order valence-corrected chi connectivity index (χ4v) is 3.55. The molecule has 0 bridgehead atoms. The standard InChI is InChI=1S/C15H10FN3O3S2/c1-22-12(20)6-11-14(21)18-15(24-11)19-17-7-9-5-10(16)4-8-2-3-23-13(8)9/h2-7H,1H3,(H,18,19,21)/b11-6+,17-7?. The Balaban J connectivity index is 1.79. The second-order valence-corrected chi connectivity index (χ2v) is 6.52. The molecule has 1 amide bonds. The van der Waals surface area contributed by atoms with Crippen LogP contribution in [0.25, 0.3) is 10.1 Å². The van der Waals surface area contributed by atoms with Crippen LogP contribution in [0.2, 0.25) is 0 Å². The third-order valence-electron chi connectivity index (χ3n) is 2.99. The monoisotopic (exact) mass is 363 g/mol. The predicted molar refractivity (Wildman–Crippen MR) is 92.6 cm³/mol. The first-order valence-electron chi connectivity index (χ1n) is 6.63. The first kappa shape index (κ1) is 16.3. The van der Waals surface area contributed by atoms with Crippen LogP contribution in [0.3, 0.4) is 0 Å². The molecule has 1 N–H and O–H groups in total. The Kier molecular flexibility index (Phi) is 4.72. The fraction of sp³-hybridized carbons (Fsp3) is 0.0667. The molecule has 1 fully saturated rings. The van der Waals surface area contributed by atoms with Gasteiger partial charge in [-0.1, -0.05) is 0 Å². The minimum absolute atomic E-state index is 0.169. The van der Waals surface area contributed by atoms with E-state index in [1.807, 2.05) is 11.4 Å². The molecule has 1 aliphatic rings. The van der Waals surface area contributed by atoms with Gasteiger partial charge < -0.3 is 4.74 Å². The molecule has 1 aromatic carbocycles. The number of hydrogen-bond acceptors (Lipinski definition) is 7. The van der Waals surface area contributed by atoms with Gasteiger partial charge >= 0.3 is 5.97 Å². The van der Waals surface area contributed by atoms with Crippen molar-refractivity contribution >= 4 is 56.4 Å². The number of esters is 1. The Morgan fingerprint density at radius 3 is 3.04 bits per heavy atom. The van der Waals surface area contributed by atoms with E-state index in [4.69, 9.17) is 0 Å². The molecular formula is C15H10FN3O3S2. The normalized spacial score (nSPS) is 18.0. The first-order chi connectivity index (χ1) is 11.6. The summed E-state index contributed by atoms with van der Waals surface area (Å²) in [6.07, 6.45) is 2.50. The third-order valence-corrected chi connectivity index (χ3v) is 4.87. The van der Waals surface area contributed by atoms with Gasteiger partial charge in [0.1, 0.15) is 5.82 Å². The minimum atomic E-state index is -0.628. The van der Waals surface area contributed by atoms with Crippen LogP contribution in [0.4, 0.5) is 4.39 Å². The van der Waals surface area contributed by atoms with Crippen LogP contribution >= 0.6 is 23.1 Å². The number of thioether (sulfide) groups is 1. The summed E-state index contributed by atoms with van der Waals surface area (Å²) in [6, 6.07) is 4.64. The SMILES string of the molecule is COC(=O)/C=C1/S/C(=N\N=Cc2cc(F)cc3ccsc23)NC1=O. The van der Waals surface area contributed by atoms with E-state index in [2.05, 4.69) is 20.3 Å². The maximum absolute atomic E-state index is 13.6. The lowest BCUT2D eigenvalue weighted by Gasteiger charge is -1.96. The van der Waals surface area contributed by atoms with Crippen molar-refractivity contribution in [2.45, 2.75) is 0 Å². The number of amidine groups is 1. The van der Waals surface area contributed by atoms with Crippen molar-refractivity contribution in [3.05, 3.63) is 45.9 Å². The number of methoxy groups -OCH3 is 1. The van der Waals surface area contributed by atoms with Crippen LogP contribution in [0.15, 0.2) is 44.8 Å². The summed E-state index contributed by atoms with van der Waals surface area (Å²) in [7, 11) is 1.22. The van der Waals surface area contributed by atoms with E-state index in [1.165, 1.54) is 36.8 Å². The van der Waals surface area contributed by atoms with Gasteiger partial charge in [0.05, 0.1) is 18.2 Å². The highest BCUT2D eigenvalue weighted by molar-refractivity contribution is 8.18. The number of carbonyl (C=O) groups excluding carboxylic acids is 2. The second kappa shape index (κ2) is 6.93. The van der Waals surface area contributed by atoms with Crippen molar-refractivity contribution in [1.29, 1.82) is 0 Å². The zero-order chi connectivity index (χ0) is 17.1. The summed E-state index contributed by atoms with van der Waals surface area (Å²) >= 11 is 2.44. The van der Waals surface area contributed by atoms with Gasteiger partial charge in [0, 0.05) is 16.3 Å². The number of rotatable bonds is 3. The van der Waals surface area contributed by atoms with E-state index in [0.717, 1.165) is 27.9 Å². The predicted octanol–water partition coefficient (Wildman–Crippen LogP) is 2.65. The molecule has 1 saturated heterocycles. The van der Waals surface area contributed by atoms with Gasteiger partial charge in [-0.05, 0) is 40.7 Å². The fourth-order valence-electron chi connectivity index (χ4n) is 1.95. The molecular weight excluding hydrogens is 353 g/mol. The number of benzene rings is 1. The number of amides is 1. The third kappa shape index (κ3) is 3.52. The Hall–Kier alpha value is -2.52. The number of carbonyl (C=O) groups is 2. The smallest absolute Gasteiger partial charge is 0.331 e. The second-order valence-electron chi connectivity index (χ2n) is 4.57. The van der Waals surface area contributed by atoms with E-state index >= 15 is 0 Å². The summed E-state index contributed by atoms with van der Waals surface area (Å²) in [5.74, 6) is -1.44. The van der Waals surface area contributed by atoms with Crippen molar-refractivity contribution in [3.8, 4) is 0 Å². The average molecular weight is 363 g/mol. The van der Waals surface area contributed by atoms with E-state index in [0.29, 0.717) is 5.56 Å². The molecule has 0 aliphatic carbocycles. The largest absolute Gasteiger partial charge is 0.466 e. The Morgan fingerprint density at radius 2 is 2.25 bits per heavy atom. The molecule has 6 nitrogen and oxygen atoms in total. The van der Waals surface area contributed by atoms with E-state index in [-0.39, 0.29) is 15.9 Å². The highest BCUT2D eigenvalue weighted by Gasteiger charge is 2.24. The van der Waals surface area contributed by atoms with Crippen LogP contribution in [0.1, 0.15) is 5.56 Å². The summed E-state index contributed by atoms with van der Waals surface area (Å²) in [6.45, 7) is 0. The minimum Gasteiger partial charge on any atom is -0.466 e. The molecule has 2 heterocycles. The van der Waals surface area contributed by atoms with Gasteiger partial charge in [0.25, 0.3) is 5.91 Å². The molecule has 2 aromatic rings. The van der Waals surface area contributed by atoms with Gasteiger partial charge in [-0.3, -0.25) is 10.1 Å². The van der Waals surface area contributed by atoms with E-state index in [1.54, 1.807) is 0 Å². The van der Waals surface area contributed by atoms with Gasteiger partial charge in [0.2, 0.25) is 0 Å². The molecule has 9 heteroatoms. The van der Waals surface area contributed by atoms with Crippen LogP contribution in [0, 0.1) is 5.82 Å².